The fourth-order valence-corrected chi connectivity index (χ4v) is 2.40. The van der Waals surface area contributed by atoms with E-state index in [1.807, 2.05) is 0 Å². The Balaban J connectivity index is 2.26. The number of ether oxygens (including phenoxy) is 1. The van der Waals surface area contributed by atoms with Crippen molar-refractivity contribution in [2.24, 2.45) is 0 Å². The topological polar surface area (TPSA) is 118 Å². The molecule has 0 aliphatic carbocycles. The summed E-state index contributed by atoms with van der Waals surface area (Å²) in [6.45, 7) is 3.25. The number of aliphatic hydroxyl groups is 1. The third-order valence-corrected chi connectivity index (χ3v) is 3.82. The Labute approximate surface area is 116 Å². The molecule has 4 atom stereocenters. The molecule has 110 valence electrons. The van der Waals surface area contributed by atoms with Gasteiger partial charge in [0.1, 0.15) is 11.7 Å². The van der Waals surface area contributed by atoms with Crippen molar-refractivity contribution < 1.29 is 19.7 Å². The summed E-state index contributed by atoms with van der Waals surface area (Å²) >= 11 is 0. The Kier molecular flexibility index (Phi) is 3.82. The van der Waals surface area contributed by atoms with E-state index in [-0.39, 0.29) is 6.42 Å². The van der Waals surface area contributed by atoms with Crippen LogP contribution in [0.5, 0.6) is 0 Å². The second-order valence-corrected chi connectivity index (χ2v) is 5.21. The minimum absolute atomic E-state index is 0.269. The van der Waals surface area contributed by atoms with Gasteiger partial charge in [-0.05, 0) is 26.0 Å². The van der Waals surface area contributed by atoms with Gasteiger partial charge in [-0.15, -0.1) is 0 Å². The summed E-state index contributed by atoms with van der Waals surface area (Å²) in [4.78, 5) is 15.1. The van der Waals surface area contributed by atoms with E-state index in [1.165, 1.54) is 0 Å². The summed E-state index contributed by atoms with van der Waals surface area (Å²) in [5.74, 6) is 0. The smallest absolute Gasteiger partial charge is 0.404 e. The highest BCUT2D eigenvalue weighted by molar-refractivity contribution is 5.65. The molecule has 1 aromatic rings. The van der Waals surface area contributed by atoms with Crippen molar-refractivity contribution in [1.29, 1.82) is 0 Å². The summed E-state index contributed by atoms with van der Waals surface area (Å²) in [6.07, 6.45) is -0.323. The number of nitrogens with one attached hydrogen (secondary N) is 1. The van der Waals surface area contributed by atoms with Crippen LogP contribution in [0.2, 0.25) is 0 Å². The number of nitrogens with two attached hydrogens (primary N) is 1. The molecule has 1 saturated heterocycles. The van der Waals surface area contributed by atoms with Crippen LogP contribution < -0.4 is 11.1 Å². The second kappa shape index (κ2) is 5.26. The lowest BCUT2D eigenvalue weighted by Crippen LogP contribution is -2.60. The van der Waals surface area contributed by atoms with Crippen molar-refractivity contribution in [3.63, 3.8) is 0 Å². The molecule has 2 rings (SSSR count). The summed E-state index contributed by atoms with van der Waals surface area (Å²) in [5, 5.41) is 21.6. The van der Waals surface area contributed by atoms with Gasteiger partial charge in [-0.2, -0.15) is 0 Å². The molecule has 1 fully saturated rings. The Hall–Kier alpha value is -1.86. The number of rotatable bonds is 2. The molecule has 1 aliphatic rings. The molecule has 0 bridgehead atoms. The minimum Gasteiger partial charge on any atom is -0.465 e. The van der Waals surface area contributed by atoms with E-state index in [0.29, 0.717) is 11.4 Å². The number of hydrogen-bond donors (Lipinski definition) is 4. The standard InChI is InChI=1S/C13H19N3O4/c1-7-13(2,19)10(16-12(17)18)6-9(20-7)11-8(14)4-3-5-15-11/h3-5,7,9-10,16,19H,6,14H2,1-2H3,(H,17,18)/t7-,9-,10-,13-/m1/s1. The van der Waals surface area contributed by atoms with Crippen LogP contribution in [0.25, 0.3) is 0 Å². The lowest BCUT2D eigenvalue weighted by Gasteiger charge is -2.44. The number of nitrogen functional groups attached to an aromatic ring is 1. The van der Waals surface area contributed by atoms with Crippen molar-refractivity contribution in [3.05, 3.63) is 24.0 Å². The van der Waals surface area contributed by atoms with Crippen molar-refractivity contribution in [1.82, 2.24) is 10.3 Å². The van der Waals surface area contributed by atoms with Gasteiger partial charge < -0.3 is 26.0 Å². The molecular formula is C13H19N3O4. The third-order valence-electron chi connectivity index (χ3n) is 3.82. The van der Waals surface area contributed by atoms with E-state index in [9.17, 15) is 9.90 Å². The Morgan fingerprint density at radius 2 is 2.35 bits per heavy atom. The van der Waals surface area contributed by atoms with Crippen molar-refractivity contribution in [2.45, 2.75) is 44.1 Å². The largest absolute Gasteiger partial charge is 0.465 e. The maximum absolute atomic E-state index is 10.9. The fourth-order valence-electron chi connectivity index (χ4n) is 2.40. The first-order valence-electron chi connectivity index (χ1n) is 6.40. The van der Waals surface area contributed by atoms with Crippen LogP contribution in [0.4, 0.5) is 10.5 Å². The molecule has 7 heteroatoms. The monoisotopic (exact) mass is 281 g/mol. The molecule has 20 heavy (non-hydrogen) atoms. The maximum atomic E-state index is 10.9. The summed E-state index contributed by atoms with van der Waals surface area (Å²) in [5.41, 5.74) is 5.62. The molecule has 1 amide bonds. The first-order valence-corrected chi connectivity index (χ1v) is 6.40. The number of aromatic nitrogens is 1. The molecule has 5 N–H and O–H groups in total. The predicted molar refractivity (Wildman–Crippen MR) is 72.1 cm³/mol. The van der Waals surface area contributed by atoms with E-state index >= 15 is 0 Å². The SMILES string of the molecule is C[C@H]1O[C@@H](c2ncccc2N)C[C@@H](NC(=O)O)[C@]1(C)O. The highest BCUT2D eigenvalue weighted by Crippen LogP contribution is 2.37. The van der Waals surface area contributed by atoms with Crippen LogP contribution in [-0.2, 0) is 4.74 Å². The van der Waals surface area contributed by atoms with E-state index in [1.54, 1.807) is 32.2 Å². The van der Waals surface area contributed by atoms with Gasteiger partial charge in [-0.3, -0.25) is 4.98 Å². The Morgan fingerprint density at radius 1 is 1.65 bits per heavy atom. The van der Waals surface area contributed by atoms with Crippen molar-refractivity contribution in [2.75, 3.05) is 5.73 Å². The van der Waals surface area contributed by atoms with Gasteiger partial charge in [-0.25, -0.2) is 4.79 Å². The third kappa shape index (κ3) is 2.68. The zero-order valence-electron chi connectivity index (χ0n) is 11.4. The van der Waals surface area contributed by atoms with Gasteiger partial charge >= 0.3 is 6.09 Å². The Morgan fingerprint density at radius 3 is 2.95 bits per heavy atom. The van der Waals surface area contributed by atoms with Gasteiger partial charge in [0.2, 0.25) is 0 Å². The van der Waals surface area contributed by atoms with Gasteiger partial charge in [0, 0.05) is 12.6 Å². The number of amides is 1. The van der Waals surface area contributed by atoms with Crippen LogP contribution in [0.1, 0.15) is 32.1 Å². The number of carbonyl (C=O) groups is 1. The van der Waals surface area contributed by atoms with Gasteiger partial charge in [0.15, 0.2) is 0 Å². The molecule has 0 aromatic carbocycles. The number of pyridine rings is 1. The van der Waals surface area contributed by atoms with E-state index < -0.39 is 29.9 Å². The van der Waals surface area contributed by atoms with E-state index in [4.69, 9.17) is 15.6 Å². The molecule has 1 aliphatic heterocycles. The summed E-state index contributed by atoms with van der Waals surface area (Å²) < 4.78 is 5.75. The molecule has 7 nitrogen and oxygen atoms in total. The van der Waals surface area contributed by atoms with Gasteiger partial charge in [0.25, 0.3) is 0 Å². The van der Waals surface area contributed by atoms with Crippen LogP contribution in [-0.4, -0.2) is 39.0 Å². The van der Waals surface area contributed by atoms with Gasteiger partial charge in [-0.1, -0.05) is 0 Å². The zero-order valence-corrected chi connectivity index (χ0v) is 11.4. The van der Waals surface area contributed by atoms with Crippen LogP contribution in [0, 0.1) is 0 Å². The van der Waals surface area contributed by atoms with Crippen LogP contribution in [0.15, 0.2) is 18.3 Å². The quantitative estimate of drug-likeness (QED) is 0.639. The summed E-state index contributed by atoms with van der Waals surface area (Å²) in [6, 6.07) is 2.77. The highest BCUT2D eigenvalue weighted by atomic mass is 16.5. The van der Waals surface area contributed by atoms with Gasteiger partial charge in [0.05, 0.1) is 23.5 Å². The predicted octanol–water partition coefficient (Wildman–Crippen LogP) is 0.901. The van der Waals surface area contributed by atoms with Crippen molar-refractivity contribution in [3.8, 4) is 0 Å². The first-order chi connectivity index (χ1) is 9.32. The number of anilines is 1. The van der Waals surface area contributed by atoms with Crippen LogP contribution >= 0.6 is 0 Å². The summed E-state index contributed by atoms with van der Waals surface area (Å²) in [7, 11) is 0. The fraction of sp³-hybridized carbons (Fsp3) is 0.538. The highest BCUT2D eigenvalue weighted by Gasteiger charge is 2.46. The number of nitrogens with zero attached hydrogens (tertiary/aromatic N) is 1. The van der Waals surface area contributed by atoms with E-state index in [0.717, 1.165) is 0 Å². The normalized spacial score (nSPS) is 33.6. The molecule has 0 saturated carbocycles. The maximum Gasteiger partial charge on any atom is 0.404 e. The average Bonchev–Trinajstić information content (AvgIpc) is 2.35. The lowest BCUT2D eigenvalue weighted by atomic mass is 9.83. The second-order valence-electron chi connectivity index (χ2n) is 5.21. The molecule has 0 radical (unpaired) electrons. The first kappa shape index (κ1) is 14.5. The molecule has 1 aromatic heterocycles. The molecule has 0 spiro atoms. The average molecular weight is 281 g/mol. The van der Waals surface area contributed by atoms with Crippen LogP contribution in [0.3, 0.4) is 0 Å². The number of carboxylic acid groups (broad SMARTS) is 1. The van der Waals surface area contributed by atoms with E-state index in [2.05, 4.69) is 10.3 Å². The lowest BCUT2D eigenvalue weighted by molar-refractivity contribution is -0.176. The number of hydrogen-bond acceptors (Lipinski definition) is 5. The molecule has 0 unspecified atom stereocenters. The van der Waals surface area contributed by atoms with Crippen molar-refractivity contribution >= 4 is 11.8 Å². The molecule has 2 heterocycles. The zero-order chi connectivity index (χ0) is 14.9. The Bertz CT molecular complexity index is 506. The minimum atomic E-state index is -1.29. The molecular weight excluding hydrogens is 262 g/mol.